The first-order chi connectivity index (χ1) is 7.13. The van der Waals surface area contributed by atoms with Crippen molar-refractivity contribution < 1.29 is 0 Å². The highest BCUT2D eigenvalue weighted by molar-refractivity contribution is 9.10. The Balaban J connectivity index is 2.63. The molecule has 2 aromatic rings. The van der Waals surface area contributed by atoms with Gasteiger partial charge in [-0.25, -0.2) is 0 Å². The largest absolute Gasteiger partial charge is 0.324 e. The van der Waals surface area contributed by atoms with Crippen molar-refractivity contribution >= 4 is 26.8 Å². The van der Waals surface area contributed by atoms with Crippen LogP contribution in [0.5, 0.6) is 0 Å². The molecule has 1 heterocycles. The SMILES string of the molecule is CCn1nc2cc(C(C)N)ccc2c1Br. The Hall–Kier alpha value is -0.870. The van der Waals surface area contributed by atoms with Crippen LogP contribution >= 0.6 is 15.9 Å². The molecule has 0 radical (unpaired) electrons. The Morgan fingerprint density at radius 3 is 2.87 bits per heavy atom. The van der Waals surface area contributed by atoms with Gasteiger partial charge in [0.15, 0.2) is 0 Å². The predicted octanol–water partition coefficient (Wildman–Crippen LogP) is 2.84. The number of nitrogens with zero attached hydrogens (tertiary/aromatic N) is 2. The molecule has 0 bridgehead atoms. The second-order valence-corrected chi connectivity index (χ2v) is 4.42. The van der Waals surface area contributed by atoms with E-state index in [9.17, 15) is 0 Å². The average Bonchev–Trinajstić information content (AvgIpc) is 2.55. The van der Waals surface area contributed by atoms with Crippen LogP contribution in [-0.4, -0.2) is 9.78 Å². The predicted molar refractivity (Wildman–Crippen MR) is 65.7 cm³/mol. The number of rotatable bonds is 2. The van der Waals surface area contributed by atoms with Crippen LogP contribution in [0.3, 0.4) is 0 Å². The number of aryl methyl sites for hydroxylation is 1. The summed E-state index contributed by atoms with van der Waals surface area (Å²) in [6.07, 6.45) is 0. The summed E-state index contributed by atoms with van der Waals surface area (Å²) in [6.45, 7) is 4.92. The highest BCUT2D eigenvalue weighted by Gasteiger charge is 2.09. The molecule has 0 aliphatic rings. The fourth-order valence-corrected chi connectivity index (χ4v) is 2.28. The highest BCUT2D eigenvalue weighted by Crippen LogP contribution is 2.25. The van der Waals surface area contributed by atoms with Gasteiger partial charge in [0.05, 0.1) is 5.52 Å². The quantitative estimate of drug-likeness (QED) is 0.910. The molecule has 1 unspecified atom stereocenters. The Morgan fingerprint density at radius 1 is 1.53 bits per heavy atom. The molecular weight excluding hydrogens is 254 g/mol. The third kappa shape index (κ3) is 1.79. The Labute approximate surface area is 97.4 Å². The second-order valence-electron chi connectivity index (χ2n) is 3.67. The molecule has 1 aromatic carbocycles. The van der Waals surface area contributed by atoms with Crippen molar-refractivity contribution in [3.63, 3.8) is 0 Å². The van der Waals surface area contributed by atoms with Crippen LogP contribution < -0.4 is 5.73 Å². The molecule has 2 rings (SSSR count). The molecule has 0 saturated carbocycles. The lowest BCUT2D eigenvalue weighted by Gasteiger charge is -2.03. The smallest absolute Gasteiger partial charge is 0.111 e. The highest BCUT2D eigenvalue weighted by atomic mass is 79.9. The van der Waals surface area contributed by atoms with Crippen LogP contribution in [0.25, 0.3) is 10.9 Å². The summed E-state index contributed by atoms with van der Waals surface area (Å²) in [4.78, 5) is 0. The Bertz CT molecular complexity index is 488. The maximum absolute atomic E-state index is 5.84. The van der Waals surface area contributed by atoms with Crippen LogP contribution in [0.2, 0.25) is 0 Å². The van der Waals surface area contributed by atoms with Gasteiger partial charge in [-0.2, -0.15) is 5.10 Å². The van der Waals surface area contributed by atoms with E-state index in [1.54, 1.807) is 0 Å². The lowest BCUT2D eigenvalue weighted by atomic mass is 10.1. The molecule has 0 fully saturated rings. The Morgan fingerprint density at radius 2 is 2.27 bits per heavy atom. The van der Waals surface area contributed by atoms with E-state index >= 15 is 0 Å². The van der Waals surface area contributed by atoms with Gasteiger partial charge in [-0.3, -0.25) is 4.68 Å². The van der Waals surface area contributed by atoms with E-state index in [0.717, 1.165) is 27.6 Å². The first-order valence-corrected chi connectivity index (χ1v) is 5.84. The summed E-state index contributed by atoms with van der Waals surface area (Å²) >= 11 is 3.54. The first-order valence-electron chi connectivity index (χ1n) is 5.05. The van der Waals surface area contributed by atoms with Gasteiger partial charge in [0, 0.05) is 18.0 Å². The standard InChI is InChI=1S/C11H14BrN3/c1-3-15-11(12)9-5-4-8(7(2)13)6-10(9)14-15/h4-7H,3,13H2,1-2H3. The van der Waals surface area contributed by atoms with Crippen LogP contribution in [0.4, 0.5) is 0 Å². The van der Waals surface area contributed by atoms with Crippen molar-refractivity contribution in [3.05, 3.63) is 28.4 Å². The van der Waals surface area contributed by atoms with Gasteiger partial charge in [0.25, 0.3) is 0 Å². The molecule has 1 atom stereocenters. The normalized spacial score (nSPS) is 13.3. The lowest BCUT2D eigenvalue weighted by molar-refractivity contribution is 0.653. The van der Waals surface area contributed by atoms with Gasteiger partial charge in [0.1, 0.15) is 4.60 Å². The summed E-state index contributed by atoms with van der Waals surface area (Å²) in [5.41, 5.74) is 7.96. The van der Waals surface area contributed by atoms with Gasteiger partial charge >= 0.3 is 0 Å². The van der Waals surface area contributed by atoms with Gasteiger partial charge in [0.2, 0.25) is 0 Å². The maximum atomic E-state index is 5.84. The fourth-order valence-electron chi connectivity index (χ4n) is 1.61. The molecule has 4 heteroatoms. The zero-order valence-electron chi connectivity index (χ0n) is 8.87. The van der Waals surface area contributed by atoms with Gasteiger partial charge in [-0.15, -0.1) is 0 Å². The van der Waals surface area contributed by atoms with Crippen molar-refractivity contribution in [3.8, 4) is 0 Å². The Kier molecular flexibility index (Phi) is 2.80. The maximum Gasteiger partial charge on any atom is 0.111 e. The third-order valence-corrected chi connectivity index (χ3v) is 3.36. The van der Waals surface area contributed by atoms with Crippen molar-refractivity contribution in [1.82, 2.24) is 9.78 Å². The van der Waals surface area contributed by atoms with E-state index in [2.05, 4.69) is 46.2 Å². The minimum Gasteiger partial charge on any atom is -0.324 e. The molecule has 0 saturated heterocycles. The summed E-state index contributed by atoms with van der Waals surface area (Å²) in [7, 11) is 0. The summed E-state index contributed by atoms with van der Waals surface area (Å²) in [5, 5.41) is 5.63. The number of nitrogens with two attached hydrogens (primary N) is 1. The van der Waals surface area contributed by atoms with Gasteiger partial charge in [-0.1, -0.05) is 6.07 Å². The molecule has 3 nitrogen and oxygen atoms in total. The molecule has 1 aromatic heterocycles. The zero-order valence-corrected chi connectivity index (χ0v) is 10.5. The monoisotopic (exact) mass is 267 g/mol. The van der Waals surface area contributed by atoms with E-state index in [1.807, 2.05) is 11.6 Å². The average molecular weight is 268 g/mol. The number of aromatic nitrogens is 2. The van der Waals surface area contributed by atoms with E-state index in [1.165, 1.54) is 0 Å². The summed E-state index contributed by atoms with van der Waals surface area (Å²) < 4.78 is 2.98. The summed E-state index contributed by atoms with van der Waals surface area (Å²) in [6, 6.07) is 6.23. The summed E-state index contributed by atoms with van der Waals surface area (Å²) in [5.74, 6) is 0. The first kappa shape index (κ1) is 10.6. The van der Waals surface area contributed by atoms with Crippen molar-refractivity contribution in [2.45, 2.75) is 26.4 Å². The topological polar surface area (TPSA) is 43.8 Å². The number of hydrogen-bond donors (Lipinski definition) is 1. The molecule has 0 aliphatic carbocycles. The van der Waals surface area contributed by atoms with E-state index in [0.29, 0.717) is 0 Å². The van der Waals surface area contributed by atoms with Gasteiger partial charge in [-0.05, 0) is 47.5 Å². The number of halogens is 1. The molecule has 0 spiro atoms. The molecule has 15 heavy (non-hydrogen) atoms. The zero-order chi connectivity index (χ0) is 11.0. The fraction of sp³-hybridized carbons (Fsp3) is 0.364. The van der Waals surface area contributed by atoms with Crippen LogP contribution in [0, 0.1) is 0 Å². The number of benzene rings is 1. The molecule has 80 valence electrons. The minimum absolute atomic E-state index is 0.0555. The molecular formula is C11H14BrN3. The van der Waals surface area contributed by atoms with Crippen molar-refractivity contribution in [2.75, 3.05) is 0 Å². The minimum atomic E-state index is 0.0555. The molecule has 2 N–H and O–H groups in total. The van der Waals surface area contributed by atoms with E-state index < -0.39 is 0 Å². The lowest BCUT2D eigenvalue weighted by Crippen LogP contribution is -2.04. The molecule has 0 aliphatic heterocycles. The molecule has 0 amide bonds. The third-order valence-electron chi connectivity index (χ3n) is 2.52. The van der Waals surface area contributed by atoms with Gasteiger partial charge < -0.3 is 5.73 Å². The van der Waals surface area contributed by atoms with Crippen LogP contribution in [0.15, 0.2) is 22.8 Å². The van der Waals surface area contributed by atoms with Crippen molar-refractivity contribution in [1.29, 1.82) is 0 Å². The number of fused-ring (bicyclic) bond motifs is 1. The van der Waals surface area contributed by atoms with E-state index in [-0.39, 0.29) is 6.04 Å². The number of hydrogen-bond acceptors (Lipinski definition) is 2. The van der Waals surface area contributed by atoms with E-state index in [4.69, 9.17) is 5.73 Å². The second kappa shape index (κ2) is 3.94. The van der Waals surface area contributed by atoms with Crippen LogP contribution in [-0.2, 0) is 6.54 Å². The van der Waals surface area contributed by atoms with Crippen molar-refractivity contribution in [2.24, 2.45) is 5.73 Å². The van der Waals surface area contributed by atoms with Crippen LogP contribution in [0.1, 0.15) is 25.5 Å².